The fourth-order valence-electron chi connectivity index (χ4n) is 7.56. The largest absolute Gasteiger partial charge is 0.456 e. The van der Waals surface area contributed by atoms with Crippen LogP contribution in [-0.2, 0) is 0 Å². The van der Waals surface area contributed by atoms with Crippen LogP contribution in [0.5, 0.6) is 0 Å². The maximum atomic E-state index is 9.27. The molecule has 0 fully saturated rings. The normalized spacial score (nSPS) is 12.5. The van der Waals surface area contributed by atoms with E-state index in [4.69, 9.17) is 8.53 Å². The highest BCUT2D eigenvalue weighted by molar-refractivity contribution is 6.07. The van der Waals surface area contributed by atoms with Gasteiger partial charge in [-0.2, -0.15) is 0 Å². The molecule has 0 saturated heterocycles. The third-order valence-corrected chi connectivity index (χ3v) is 10.1. The van der Waals surface area contributed by atoms with Crippen LogP contribution in [0.4, 0.5) is 34.1 Å². The van der Waals surface area contributed by atoms with Gasteiger partial charge in [0.1, 0.15) is 11.2 Å². The summed E-state index contributed by atoms with van der Waals surface area (Å²) < 4.78 is 50.8. The van der Waals surface area contributed by atoms with E-state index in [0.29, 0.717) is 11.4 Å². The molecule has 3 nitrogen and oxygen atoms in total. The molecule has 0 N–H and O–H groups in total. The minimum Gasteiger partial charge on any atom is -0.456 e. The molecule has 0 spiro atoms. The van der Waals surface area contributed by atoms with Crippen molar-refractivity contribution in [1.29, 1.82) is 0 Å². The van der Waals surface area contributed by atoms with Crippen molar-refractivity contribution < 1.29 is 11.3 Å². The molecule has 10 rings (SSSR count). The lowest BCUT2D eigenvalue weighted by Crippen LogP contribution is -2.13. The van der Waals surface area contributed by atoms with Gasteiger partial charge in [-0.3, -0.25) is 0 Å². The van der Waals surface area contributed by atoms with Crippen molar-refractivity contribution in [1.82, 2.24) is 0 Å². The smallest absolute Gasteiger partial charge is 0.135 e. The summed E-state index contributed by atoms with van der Waals surface area (Å²) in [5.41, 5.74) is 9.38. The first kappa shape index (κ1) is 27.3. The van der Waals surface area contributed by atoms with Crippen LogP contribution in [0.25, 0.3) is 55.0 Å². The molecule has 55 heavy (non-hydrogen) atoms. The van der Waals surface area contributed by atoms with Crippen LogP contribution in [0.3, 0.4) is 0 Å². The summed E-state index contributed by atoms with van der Waals surface area (Å²) in [6, 6.07) is 61.2. The first-order valence-corrected chi connectivity index (χ1v) is 18.3. The fraction of sp³-hybridized carbons (Fsp3) is 0. The Morgan fingerprint density at radius 2 is 0.927 bits per heavy atom. The fourth-order valence-corrected chi connectivity index (χ4v) is 7.56. The lowest BCUT2D eigenvalue weighted by Gasteiger charge is -2.30. The Hall–Kier alpha value is -7.36. The zero-order chi connectivity index (χ0) is 40.9. The van der Waals surface area contributed by atoms with Crippen molar-refractivity contribution >= 4 is 66.8 Å². The molecule has 1 aromatic heterocycles. The third-order valence-electron chi connectivity index (χ3n) is 10.1. The summed E-state index contributed by atoms with van der Waals surface area (Å²) in [5.74, 6) is 0. The Morgan fingerprint density at radius 3 is 1.71 bits per heavy atom. The zero-order valence-electron chi connectivity index (χ0n) is 34.7. The zero-order valence-corrected chi connectivity index (χ0v) is 29.7. The lowest BCUT2D eigenvalue weighted by molar-refractivity contribution is 0.669. The molecule has 9 aromatic carbocycles. The van der Waals surface area contributed by atoms with E-state index in [1.54, 1.807) is 4.90 Å². The SMILES string of the molecule is [2H]c1c([2H])c([2H])c(N(c2ccc(-c3ccccc3)cc2)c2cc(-c3cccc4ccccc34)cc(N(c3ccccc3)c3ccc4oc5ccccc5c4c3)c2)c([2H])c1[2H]. The molecule has 0 aliphatic heterocycles. The lowest BCUT2D eigenvalue weighted by atomic mass is 9.96. The van der Waals surface area contributed by atoms with Gasteiger partial charge in [0.15, 0.2) is 0 Å². The van der Waals surface area contributed by atoms with Gasteiger partial charge in [0.2, 0.25) is 0 Å². The van der Waals surface area contributed by atoms with Gasteiger partial charge in [-0.1, -0.05) is 139 Å². The van der Waals surface area contributed by atoms with Crippen LogP contribution in [0.15, 0.2) is 223 Å². The van der Waals surface area contributed by atoms with Crippen molar-refractivity contribution in [2.45, 2.75) is 0 Å². The molecule has 260 valence electrons. The molecule has 3 heteroatoms. The van der Waals surface area contributed by atoms with Crippen molar-refractivity contribution in [3.05, 3.63) is 218 Å². The average molecular weight is 710 g/mol. The quantitative estimate of drug-likeness (QED) is 0.157. The second kappa shape index (κ2) is 13.9. The van der Waals surface area contributed by atoms with Crippen molar-refractivity contribution in [3.63, 3.8) is 0 Å². The number of nitrogens with zero attached hydrogens (tertiary/aromatic N) is 2. The molecule has 0 radical (unpaired) electrons. The number of hydrogen-bond acceptors (Lipinski definition) is 3. The van der Waals surface area contributed by atoms with E-state index in [-0.39, 0.29) is 17.8 Å². The van der Waals surface area contributed by atoms with Gasteiger partial charge in [0, 0.05) is 44.9 Å². The Morgan fingerprint density at radius 1 is 0.345 bits per heavy atom. The molecule has 0 aliphatic carbocycles. The van der Waals surface area contributed by atoms with Crippen LogP contribution in [0.2, 0.25) is 0 Å². The first-order chi connectivity index (χ1) is 29.3. The maximum absolute atomic E-state index is 9.27. The summed E-state index contributed by atoms with van der Waals surface area (Å²) in [6.45, 7) is 0. The third kappa shape index (κ3) is 6.08. The van der Waals surface area contributed by atoms with Gasteiger partial charge in [0.25, 0.3) is 0 Å². The van der Waals surface area contributed by atoms with Gasteiger partial charge in [-0.05, 0) is 112 Å². The highest BCUT2D eigenvalue weighted by Crippen LogP contribution is 2.45. The first-order valence-electron chi connectivity index (χ1n) is 20.8. The average Bonchev–Trinajstić information content (AvgIpc) is 3.68. The van der Waals surface area contributed by atoms with E-state index in [9.17, 15) is 2.74 Å². The number of furan rings is 1. The predicted molar refractivity (Wildman–Crippen MR) is 231 cm³/mol. The number of rotatable bonds is 8. The predicted octanol–water partition coefficient (Wildman–Crippen LogP) is 15.0. The van der Waals surface area contributed by atoms with Crippen LogP contribution < -0.4 is 9.80 Å². The minimum atomic E-state index is -0.448. The second-order valence-electron chi connectivity index (χ2n) is 13.4. The maximum Gasteiger partial charge on any atom is 0.135 e. The molecule has 0 atom stereocenters. The number of hydrogen-bond donors (Lipinski definition) is 0. The van der Waals surface area contributed by atoms with Crippen molar-refractivity contribution in [2.75, 3.05) is 9.80 Å². The summed E-state index contributed by atoms with van der Waals surface area (Å²) in [4.78, 5) is 3.99. The van der Waals surface area contributed by atoms with Gasteiger partial charge < -0.3 is 14.2 Å². The van der Waals surface area contributed by atoms with Crippen molar-refractivity contribution in [3.8, 4) is 22.3 Å². The molecule has 0 amide bonds. The van der Waals surface area contributed by atoms with E-state index >= 15 is 0 Å². The Balaban J connectivity index is 1.27. The monoisotopic (exact) mass is 709 g/mol. The Kier molecular flexibility index (Phi) is 6.89. The minimum absolute atomic E-state index is 0.0482. The molecule has 0 unspecified atom stereocenters. The summed E-state index contributed by atoms with van der Waals surface area (Å²) in [7, 11) is 0. The highest BCUT2D eigenvalue weighted by Gasteiger charge is 2.21. The summed E-state index contributed by atoms with van der Waals surface area (Å²) >= 11 is 0. The molecule has 0 saturated carbocycles. The molecule has 1 heterocycles. The summed E-state index contributed by atoms with van der Waals surface area (Å²) in [5, 5.41) is 4.13. The van der Waals surface area contributed by atoms with Gasteiger partial charge in [-0.15, -0.1) is 0 Å². The molecular formula is C52H36N2O. The Bertz CT molecular complexity index is 3190. The van der Waals surface area contributed by atoms with Gasteiger partial charge >= 0.3 is 0 Å². The number of fused-ring (bicyclic) bond motifs is 4. The van der Waals surface area contributed by atoms with Crippen LogP contribution in [-0.4, -0.2) is 0 Å². The van der Waals surface area contributed by atoms with Gasteiger partial charge in [-0.25, -0.2) is 0 Å². The highest BCUT2D eigenvalue weighted by atomic mass is 16.3. The number of benzene rings is 9. The van der Waals surface area contributed by atoms with Crippen LogP contribution in [0, 0.1) is 0 Å². The molecular weight excluding hydrogens is 669 g/mol. The Labute approximate surface area is 327 Å². The number of para-hydroxylation sites is 3. The molecule has 0 aliphatic rings. The van der Waals surface area contributed by atoms with Crippen molar-refractivity contribution in [2.24, 2.45) is 0 Å². The standard InChI is InChI=1S/C52H36N2O/c1-4-15-37(16-5-1)38-27-29-43(30-28-38)53(41-19-6-2-7-20-41)45-33-40(48-25-14-18-39-17-10-11-23-47(39)48)34-46(35-45)54(42-21-8-3-9-22-42)44-31-32-52-50(36-44)49-24-12-13-26-51(49)55-52/h1-36H/i2D,6D,7D,19D,20D. The topological polar surface area (TPSA) is 19.6 Å². The molecule has 0 bridgehead atoms. The van der Waals surface area contributed by atoms with E-state index in [1.807, 2.05) is 127 Å². The number of anilines is 6. The van der Waals surface area contributed by atoms with Gasteiger partial charge in [0.05, 0.1) is 6.85 Å². The molecule has 10 aromatic rings. The van der Waals surface area contributed by atoms with E-state index in [0.717, 1.165) is 72.0 Å². The second-order valence-corrected chi connectivity index (χ2v) is 13.4. The summed E-state index contributed by atoms with van der Waals surface area (Å²) in [6.07, 6.45) is 0. The van der Waals surface area contributed by atoms with Crippen LogP contribution >= 0.6 is 0 Å². The van der Waals surface area contributed by atoms with E-state index in [1.165, 1.54) is 0 Å². The van der Waals surface area contributed by atoms with E-state index < -0.39 is 18.1 Å². The van der Waals surface area contributed by atoms with Crippen LogP contribution in [0.1, 0.15) is 6.85 Å². The van der Waals surface area contributed by atoms with E-state index in [2.05, 4.69) is 65.6 Å².